The number of hydrogen-bond acceptors (Lipinski definition) is 5. The van der Waals surface area contributed by atoms with E-state index in [1.165, 1.54) is 34.4 Å². The van der Waals surface area contributed by atoms with Crippen molar-refractivity contribution in [2.45, 2.75) is 6.04 Å². The Balaban J connectivity index is 1.87. The lowest BCUT2D eigenvalue weighted by Gasteiger charge is -2.22. The molecule has 1 aliphatic heterocycles. The number of aromatic nitrogens is 1. The fourth-order valence-electron chi connectivity index (χ4n) is 3.47. The average molecular weight is 413 g/mol. The third-order valence-corrected chi connectivity index (χ3v) is 5.66. The van der Waals surface area contributed by atoms with Gasteiger partial charge in [0.05, 0.1) is 10.9 Å². The highest BCUT2D eigenvalue weighted by atomic mass is 35.5. The summed E-state index contributed by atoms with van der Waals surface area (Å²) in [5, 5.41) is 2.66. The minimum atomic E-state index is -0.977. The highest BCUT2D eigenvalue weighted by molar-refractivity contribution is 7.13. The lowest BCUT2D eigenvalue weighted by molar-refractivity contribution is 0.0970. The van der Waals surface area contributed by atoms with E-state index in [2.05, 4.69) is 4.98 Å². The van der Waals surface area contributed by atoms with Crippen LogP contribution in [0.3, 0.4) is 0 Å². The molecule has 0 aliphatic carbocycles. The van der Waals surface area contributed by atoms with Crippen LogP contribution in [-0.4, -0.2) is 10.9 Å². The van der Waals surface area contributed by atoms with Crippen molar-refractivity contribution in [2.24, 2.45) is 0 Å². The van der Waals surface area contributed by atoms with E-state index in [1.54, 1.807) is 35.8 Å². The molecular weight excluding hydrogens is 403 g/mol. The summed E-state index contributed by atoms with van der Waals surface area (Å²) in [5.41, 5.74) is 0.104. The Bertz CT molecular complexity index is 1300. The molecular formula is C20H10ClFN2O3S. The second kappa shape index (κ2) is 6.25. The number of benzene rings is 2. The summed E-state index contributed by atoms with van der Waals surface area (Å²) in [6.45, 7) is 0. The Morgan fingerprint density at radius 3 is 2.75 bits per heavy atom. The lowest BCUT2D eigenvalue weighted by Crippen LogP contribution is -2.29. The number of rotatable bonds is 2. The van der Waals surface area contributed by atoms with Gasteiger partial charge in [0.1, 0.15) is 17.4 Å². The van der Waals surface area contributed by atoms with E-state index >= 15 is 0 Å². The zero-order valence-corrected chi connectivity index (χ0v) is 15.6. The highest BCUT2D eigenvalue weighted by Gasteiger charge is 2.45. The molecule has 4 aromatic rings. The van der Waals surface area contributed by atoms with Gasteiger partial charge in [-0.2, -0.15) is 0 Å². The van der Waals surface area contributed by atoms with Gasteiger partial charge in [0, 0.05) is 22.2 Å². The second-order valence-electron chi connectivity index (χ2n) is 6.23. The van der Waals surface area contributed by atoms with Gasteiger partial charge in [-0.1, -0.05) is 29.8 Å². The number of amides is 1. The number of thiazole rings is 1. The third-order valence-electron chi connectivity index (χ3n) is 4.66. The third kappa shape index (κ3) is 2.40. The first-order chi connectivity index (χ1) is 13.6. The van der Waals surface area contributed by atoms with Crippen LogP contribution in [0.5, 0.6) is 0 Å². The monoisotopic (exact) mass is 412 g/mol. The summed E-state index contributed by atoms with van der Waals surface area (Å²) in [7, 11) is 0. The smallest absolute Gasteiger partial charge is 0.297 e. The van der Waals surface area contributed by atoms with Crippen LogP contribution in [0.1, 0.15) is 27.7 Å². The molecule has 3 heterocycles. The molecule has 1 aliphatic rings. The van der Waals surface area contributed by atoms with Crippen LogP contribution in [0.4, 0.5) is 9.52 Å². The van der Waals surface area contributed by atoms with Gasteiger partial charge in [0.15, 0.2) is 10.6 Å². The predicted octanol–water partition coefficient (Wildman–Crippen LogP) is 4.79. The fourth-order valence-corrected chi connectivity index (χ4v) is 4.31. The minimum absolute atomic E-state index is 0.0834. The maximum absolute atomic E-state index is 14.7. The van der Waals surface area contributed by atoms with Crippen molar-refractivity contribution in [1.29, 1.82) is 0 Å². The second-order valence-corrected chi connectivity index (χ2v) is 7.54. The zero-order valence-electron chi connectivity index (χ0n) is 14.1. The van der Waals surface area contributed by atoms with Crippen LogP contribution in [0.25, 0.3) is 11.0 Å². The number of fused-ring (bicyclic) bond motifs is 2. The molecule has 0 saturated carbocycles. The Labute approximate surface area is 166 Å². The number of anilines is 1. The molecule has 0 saturated heterocycles. The summed E-state index contributed by atoms with van der Waals surface area (Å²) in [5.74, 6) is -1.17. The number of carbonyl (C=O) groups is 1. The van der Waals surface area contributed by atoms with Crippen molar-refractivity contribution in [3.05, 3.63) is 92.0 Å². The molecule has 0 spiro atoms. The summed E-state index contributed by atoms with van der Waals surface area (Å²) >= 11 is 7.25. The Morgan fingerprint density at radius 2 is 2.00 bits per heavy atom. The van der Waals surface area contributed by atoms with Crippen LogP contribution in [-0.2, 0) is 0 Å². The van der Waals surface area contributed by atoms with Gasteiger partial charge in [0.2, 0.25) is 5.76 Å². The van der Waals surface area contributed by atoms with E-state index in [1.807, 2.05) is 0 Å². The van der Waals surface area contributed by atoms with Gasteiger partial charge in [0.25, 0.3) is 5.91 Å². The predicted molar refractivity (Wildman–Crippen MR) is 105 cm³/mol. The molecule has 5 rings (SSSR count). The normalized spacial score (nSPS) is 16.0. The average Bonchev–Trinajstić information content (AvgIpc) is 3.30. The molecule has 0 N–H and O–H groups in total. The molecule has 1 atom stereocenters. The molecule has 0 unspecified atom stereocenters. The SMILES string of the molecule is O=C1c2oc3ccc(Cl)cc3c(=O)c2[C@@H](c2ccccc2F)N1c1nccs1. The number of hydrogen-bond donors (Lipinski definition) is 0. The van der Waals surface area contributed by atoms with Gasteiger partial charge in [-0.05, 0) is 24.3 Å². The van der Waals surface area contributed by atoms with Crippen molar-refractivity contribution < 1.29 is 13.6 Å². The molecule has 0 fully saturated rings. The van der Waals surface area contributed by atoms with Gasteiger partial charge in [-0.15, -0.1) is 11.3 Å². The first kappa shape index (κ1) is 17.1. The van der Waals surface area contributed by atoms with Crippen molar-refractivity contribution in [2.75, 3.05) is 4.90 Å². The topological polar surface area (TPSA) is 63.4 Å². The van der Waals surface area contributed by atoms with Crippen molar-refractivity contribution >= 4 is 44.9 Å². The maximum Gasteiger partial charge on any atom is 0.297 e. The van der Waals surface area contributed by atoms with Crippen LogP contribution < -0.4 is 10.3 Å². The van der Waals surface area contributed by atoms with Crippen molar-refractivity contribution in [1.82, 2.24) is 4.98 Å². The van der Waals surface area contributed by atoms with Crippen molar-refractivity contribution in [3.63, 3.8) is 0 Å². The van der Waals surface area contributed by atoms with E-state index in [-0.39, 0.29) is 27.9 Å². The Kier molecular flexibility index (Phi) is 3.82. The first-order valence-corrected chi connectivity index (χ1v) is 9.56. The molecule has 138 valence electrons. The standard InChI is InChI=1S/C20H10ClFN2O3S/c21-10-5-6-14-12(9-10)17(25)15-16(11-3-1-2-4-13(11)22)24(19(26)18(15)27-14)20-23-7-8-28-20/h1-9,16H/t16-/m1/s1. The summed E-state index contributed by atoms with van der Waals surface area (Å²) in [6, 6.07) is 9.66. The molecule has 2 aromatic heterocycles. The van der Waals surface area contributed by atoms with Crippen LogP contribution in [0, 0.1) is 5.82 Å². The first-order valence-electron chi connectivity index (χ1n) is 8.30. The van der Waals surface area contributed by atoms with Crippen LogP contribution in [0.15, 0.2) is 63.3 Å². The van der Waals surface area contributed by atoms with E-state index in [9.17, 15) is 14.0 Å². The lowest BCUT2D eigenvalue weighted by atomic mass is 9.98. The summed E-state index contributed by atoms with van der Waals surface area (Å²) < 4.78 is 20.5. The fraction of sp³-hybridized carbons (Fsp3) is 0.0500. The van der Waals surface area contributed by atoms with Gasteiger partial charge < -0.3 is 4.42 Å². The van der Waals surface area contributed by atoms with Crippen molar-refractivity contribution in [3.8, 4) is 0 Å². The van der Waals surface area contributed by atoms with Crippen LogP contribution >= 0.6 is 22.9 Å². The maximum atomic E-state index is 14.7. The van der Waals surface area contributed by atoms with Gasteiger partial charge in [-0.3, -0.25) is 14.5 Å². The summed E-state index contributed by atoms with van der Waals surface area (Å²) in [6.07, 6.45) is 1.54. The van der Waals surface area contributed by atoms with E-state index in [0.29, 0.717) is 10.2 Å². The van der Waals surface area contributed by atoms with Gasteiger partial charge >= 0.3 is 0 Å². The molecule has 28 heavy (non-hydrogen) atoms. The Morgan fingerprint density at radius 1 is 1.18 bits per heavy atom. The molecule has 5 nitrogen and oxygen atoms in total. The van der Waals surface area contributed by atoms with Gasteiger partial charge in [-0.25, -0.2) is 9.37 Å². The molecule has 2 aromatic carbocycles. The quantitative estimate of drug-likeness (QED) is 0.474. The minimum Gasteiger partial charge on any atom is -0.450 e. The van der Waals surface area contributed by atoms with Crippen LogP contribution in [0.2, 0.25) is 5.02 Å². The van der Waals surface area contributed by atoms with E-state index < -0.39 is 23.2 Å². The molecule has 0 radical (unpaired) electrons. The van der Waals surface area contributed by atoms with E-state index in [0.717, 1.165) is 0 Å². The van der Waals surface area contributed by atoms with E-state index in [4.69, 9.17) is 16.0 Å². The number of carbonyl (C=O) groups excluding carboxylic acids is 1. The number of halogens is 2. The largest absolute Gasteiger partial charge is 0.450 e. The molecule has 0 bridgehead atoms. The molecule has 1 amide bonds. The Hall–Kier alpha value is -3.03. The highest BCUT2D eigenvalue weighted by Crippen LogP contribution is 2.42. The molecule has 8 heteroatoms. The zero-order chi connectivity index (χ0) is 19.4. The number of nitrogens with zero attached hydrogens (tertiary/aromatic N) is 2. The summed E-state index contributed by atoms with van der Waals surface area (Å²) in [4.78, 5) is 31.9.